The molecule has 1 saturated heterocycles. The molecule has 4 rings (SSSR count). The summed E-state index contributed by atoms with van der Waals surface area (Å²) in [5, 5.41) is 7.75. The van der Waals surface area contributed by atoms with E-state index in [1.54, 1.807) is 12.1 Å². The van der Waals surface area contributed by atoms with Gasteiger partial charge in [-0.2, -0.15) is 13.2 Å². The molecule has 174 valence electrons. The highest BCUT2D eigenvalue weighted by Gasteiger charge is 2.36. The zero-order valence-electron chi connectivity index (χ0n) is 17.9. The summed E-state index contributed by atoms with van der Waals surface area (Å²) in [5.74, 6) is 1.39. The van der Waals surface area contributed by atoms with Gasteiger partial charge in [-0.05, 0) is 49.6 Å². The Bertz CT molecular complexity index is 878. The minimum atomic E-state index is -4.56. The van der Waals surface area contributed by atoms with Crippen LogP contribution in [0.5, 0.6) is 0 Å². The Balaban J connectivity index is 0.000000352. The predicted molar refractivity (Wildman–Crippen MR) is 117 cm³/mol. The number of carbonyl (C=O) groups excluding carboxylic acids is 1. The molecule has 10 heteroatoms. The van der Waals surface area contributed by atoms with Gasteiger partial charge in [-0.3, -0.25) is 4.79 Å². The summed E-state index contributed by atoms with van der Waals surface area (Å²) in [6.45, 7) is 2.40. The average molecular weight is 451 g/mol. The van der Waals surface area contributed by atoms with E-state index in [1.165, 1.54) is 48.8 Å². The van der Waals surface area contributed by atoms with Crippen molar-refractivity contribution in [3.8, 4) is 0 Å². The first kappa shape index (κ1) is 23.8. The van der Waals surface area contributed by atoms with E-state index >= 15 is 0 Å². The van der Waals surface area contributed by atoms with Gasteiger partial charge in [0, 0.05) is 26.2 Å². The number of alkyl halides is 3. The van der Waals surface area contributed by atoms with Crippen molar-refractivity contribution in [2.45, 2.75) is 31.9 Å². The number of nitrogens with zero attached hydrogens (tertiary/aromatic N) is 4. The van der Waals surface area contributed by atoms with Crippen LogP contribution in [0.3, 0.4) is 0 Å². The van der Waals surface area contributed by atoms with Crippen LogP contribution in [0, 0.1) is 5.92 Å². The molecule has 1 amide bonds. The van der Waals surface area contributed by atoms with Crippen LogP contribution in [0.1, 0.15) is 41.6 Å². The molecule has 2 fully saturated rings. The highest BCUT2D eigenvalue weighted by Crippen LogP contribution is 2.33. The fourth-order valence-corrected chi connectivity index (χ4v) is 3.54. The summed E-state index contributed by atoms with van der Waals surface area (Å²) in [7, 11) is 0. The van der Waals surface area contributed by atoms with Gasteiger partial charge in [-0.15, -0.1) is 10.2 Å². The second-order valence-electron chi connectivity index (χ2n) is 8.01. The summed E-state index contributed by atoms with van der Waals surface area (Å²) in [6.07, 6.45) is 1.01. The first-order chi connectivity index (χ1) is 15.3. The van der Waals surface area contributed by atoms with Crippen molar-refractivity contribution in [1.82, 2.24) is 15.1 Å². The first-order valence-electron chi connectivity index (χ1n) is 10.8. The van der Waals surface area contributed by atoms with Crippen molar-refractivity contribution in [3.63, 3.8) is 0 Å². The monoisotopic (exact) mass is 450 g/mol. The van der Waals surface area contributed by atoms with E-state index in [4.69, 9.17) is 11.5 Å². The lowest BCUT2D eigenvalue weighted by Gasteiger charge is -2.35. The number of piperazine rings is 1. The van der Waals surface area contributed by atoms with E-state index in [0.29, 0.717) is 37.8 Å². The molecule has 0 radical (unpaired) electrons. The SMILES string of the molecule is NCCCC1CC1.Nc1ccc(N2CCN(C(=O)c3ccccc3C(F)(F)F)CC2)nn1. The smallest absolute Gasteiger partial charge is 0.382 e. The molecule has 1 aromatic heterocycles. The van der Waals surface area contributed by atoms with E-state index < -0.39 is 17.6 Å². The molecule has 4 N–H and O–H groups in total. The highest BCUT2D eigenvalue weighted by atomic mass is 19.4. The molecule has 32 heavy (non-hydrogen) atoms. The fraction of sp³-hybridized carbons (Fsp3) is 0.500. The fourth-order valence-electron chi connectivity index (χ4n) is 3.54. The number of rotatable bonds is 5. The Hall–Kier alpha value is -2.88. The van der Waals surface area contributed by atoms with Crippen molar-refractivity contribution in [1.29, 1.82) is 0 Å². The van der Waals surface area contributed by atoms with Crippen LogP contribution in [-0.2, 0) is 6.18 Å². The molecule has 0 spiro atoms. The zero-order valence-corrected chi connectivity index (χ0v) is 17.9. The molecule has 1 aromatic carbocycles. The summed E-state index contributed by atoms with van der Waals surface area (Å²) < 4.78 is 39.3. The van der Waals surface area contributed by atoms with Crippen molar-refractivity contribution in [2.24, 2.45) is 11.7 Å². The molecule has 2 aromatic rings. The van der Waals surface area contributed by atoms with Gasteiger partial charge in [0.15, 0.2) is 5.82 Å². The molecule has 2 heterocycles. The number of nitrogens with two attached hydrogens (primary N) is 2. The van der Waals surface area contributed by atoms with E-state index in [9.17, 15) is 18.0 Å². The number of amides is 1. The Labute approximate surface area is 185 Å². The van der Waals surface area contributed by atoms with E-state index in [1.807, 2.05) is 4.90 Å². The Morgan fingerprint density at radius 2 is 1.72 bits per heavy atom. The maximum absolute atomic E-state index is 13.1. The lowest BCUT2D eigenvalue weighted by Crippen LogP contribution is -2.49. The number of anilines is 2. The maximum Gasteiger partial charge on any atom is 0.417 e. The topological polar surface area (TPSA) is 101 Å². The molecule has 0 unspecified atom stereocenters. The molecule has 2 aliphatic rings. The third-order valence-electron chi connectivity index (χ3n) is 5.54. The maximum atomic E-state index is 13.1. The quantitative estimate of drug-likeness (QED) is 0.726. The van der Waals surface area contributed by atoms with E-state index in [2.05, 4.69) is 10.2 Å². The Morgan fingerprint density at radius 3 is 2.28 bits per heavy atom. The molecule has 0 bridgehead atoms. The van der Waals surface area contributed by atoms with Gasteiger partial charge in [-0.1, -0.05) is 25.0 Å². The van der Waals surface area contributed by atoms with Crippen LogP contribution in [0.2, 0.25) is 0 Å². The van der Waals surface area contributed by atoms with Gasteiger partial charge in [0.05, 0.1) is 11.1 Å². The molecule has 1 aliphatic heterocycles. The number of hydrogen-bond donors (Lipinski definition) is 2. The van der Waals surface area contributed by atoms with E-state index in [0.717, 1.165) is 18.5 Å². The summed E-state index contributed by atoms with van der Waals surface area (Å²) in [4.78, 5) is 15.8. The molecule has 1 aliphatic carbocycles. The lowest BCUT2D eigenvalue weighted by molar-refractivity contribution is -0.138. The van der Waals surface area contributed by atoms with Crippen molar-refractivity contribution >= 4 is 17.5 Å². The summed E-state index contributed by atoms with van der Waals surface area (Å²) in [5.41, 5.74) is 9.57. The Kier molecular flexibility index (Phi) is 7.89. The van der Waals surface area contributed by atoms with Gasteiger partial charge in [0.25, 0.3) is 5.91 Å². The summed E-state index contributed by atoms with van der Waals surface area (Å²) >= 11 is 0. The third kappa shape index (κ3) is 6.56. The summed E-state index contributed by atoms with van der Waals surface area (Å²) in [6, 6.07) is 8.19. The number of benzene rings is 1. The first-order valence-corrected chi connectivity index (χ1v) is 10.8. The number of aromatic nitrogens is 2. The van der Waals surface area contributed by atoms with Gasteiger partial charge in [0.1, 0.15) is 5.82 Å². The van der Waals surface area contributed by atoms with Gasteiger partial charge in [-0.25, -0.2) is 0 Å². The molecule has 0 atom stereocenters. The third-order valence-corrected chi connectivity index (χ3v) is 5.54. The molecule has 1 saturated carbocycles. The predicted octanol–water partition coefficient (Wildman–Crippen LogP) is 3.18. The standard InChI is InChI=1S/C16H16F3N5O.C6H13N/c17-16(18,19)12-4-2-1-3-11(12)15(25)24-9-7-23(8-10-24)14-6-5-13(20)21-22-14;7-5-1-2-6-3-4-6/h1-6H,7-10H2,(H2,20,21);6H,1-5,7H2. The van der Waals surface area contributed by atoms with Crippen LogP contribution in [-0.4, -0.2) is 53.7 Å². The number of nitrogen functional groups attached to an aromatic ring is 1. The van der Waals surface area contributed by atoms with Gasteiger partial charge in [0.2, 0.25) is 0 Å². The van der Waals surface area contributed by atoms with Gasteiger partial charge < -0.3 is 21.3 Å². The lowest BCUT2D eigenvalue weighted by atomic mass is 10.1. The second-order valence-corrected chi connectivity index (χ2v) is 8.01. The number of carbonyl (C=O) groups is 1. The van der Waals surface area contributed by atoms with Crippen molar-refractivity contribution < 1.29 is 18.0 Å². The minimum absolute atomic E-state index is 0.303. The minimum Gasteiger partial charge on any atom is -0.382 e. The highest BCUT2D eigenvalue weighted by molar-refractivity contribution is 5.96. The second kappa shape index (κ2) is 10.6. The van der Waals surface area contributed by atoms with Crippen LogP contribution in [0.25, 0.3) is 0 Å². The number of hydrogen-bond acceptors (Lipinski definition) is 6. The number of halogens is 3. The molecular formula is C22H29F3N6O. The largest absolute Gasteiger partial charge is 0.417 e. The normalized spacial score (nSPS) is 16.4. The van der Waals surface area contributed by atoms with Crippen LogP contribution in [0.15, 0.2) is 36.4 Å². The van der Waals surface area contributed by atoms with Crippen LogP contribution < -0.4 is 16.4 Å². The van der Waals surface area contributed by atoms with Crippen LogP contribution in [0.4, 0.5) is 24.8 Å². The van der Waals surface area contributed by atoms with Gasteiger partial charge >= 0.3 is 6.18 Å². The molecule has 7 nitrogen and oxygen atoms in total. The Morgan fingerprint density at radius 1 is 1.03 bits per heavy atom. The molecular weight excluding hydrogens is 421 g/mol. The van der Waals surface area contributed by atoms with E-state index in [-0.39, 0.29) is 5.56 Å². The average Bonchev–Trinajstić information content (AvgIpc) is 3.62. The zero-order chi connectivity index (χ0) is 23.1. The van der Waals surface area contributed by atoms with Crippen LogP contribution >= 0.6 is 0 Å². The van der Waals surface area contributed by atoms with Crippen molar-refractivity contribution in [3.05, 3.63) is 47.5 Å². The van der Waals surface area contributed by atoms with Crippen molar-refractivity contribution in [2.75, 3.05) is 43.4 Å².